The molecular formula is C19H16Cl2N6S. The molecule has 9 heteroatoms. The molecule has 1 aliphatic rings. The van der Waals surface area contributed by atoms with Crippen molar-refractivity contribution in [2.24, 2.45) is 0 Å². The largest absolute Gasteiger partial charge is 0.296 e. The second-order valence-electron chi connectivity index (χ2n) is 6.39. The maximum Gasteiger partial charge on any atom is 0.202 e. The number of benzene rings is 1. The fourth-order valence-corrected chi connectivity index (χ4v) is 4.23. The van der Waals surface area contributed by atoms with Gasteiger partial charge in [0.1, 0.15) is 11.1 Å². The van der Waals surface area contributed by atoms with Crippen molar-refractivity contribution in [1.82, 2.24) is 24.6 Å². The third-order valence-electron chi connectivity index (χ3n) is 4.47. The molecule has 3 heterocycles. The number of nitrogens with zero attached hydrogens (tertiary/aromatic N) is 6. The first-order valence-corrected chi connectivity index (χ1v) is 10.4. The van der Waals surface area contributed by atoms with Gasteiger partial charge >= 0.3 is 0 Å². The number of aromatic nitrogens is 4. The molecule has 1 saturated heterocycles. The molecule has 1 aromatic carbocycles. The van der Waals surface area contributed by atoms with Crippen molar-refractivity contribution < 1.29 is 0 Å². The molecule has 1 fully saturated rings. The third-order valence-corrected chi connectivity index (χ3v) is 5.91. The highest BCUT2D eigenvalue weighted by molar-refractivity contribution is 7.99. The molecule has 1 aliphatic heterocycles. The number of hydrogen-bond donors (Lipinski definition) is 0. The van der Waals surface area contributed by atoms with E-state index in [2.05, 4.69) is 20.1 Å². The Bertz CT molecular complexity index is 1020. The van der Waals surface area contributed by atoms with Crippen LogP contribution in [-0.4, -0.2) is 37.7 Å². The first-order valence-electron chi connectivity index (χ1n) is 8.81. The Morgan fingerprint density at radius 1 is 1.04 bits per heavy atom. The first kappa shape index (κ1) is 19.2. The minimum absolute atomic E-state index is 0.196. The average Bonchev–Trinajstić information content (AvgIpc) is 3.35. The summed E-state index contributed by atoms with van der Waals surface area (Å²) in [4.78, 5) is 6.68. The van der Waals surface area contributed by atoms with E-state index in [-0.39, 0.29) is 5.69 Å². The van der Waals surface area contributed by atoms with E-state index in [9.17, 15) is 5.26 Å². The van der Waals surface area contributed by atoms with Crippen LogP contribution in [0.1, 0.15) is 24.4 Å². The number of likely N-dealkylation sites (tertiary alicyclic amines) is 1. The van der Waals surface area contributed by atoms with Gasteiger partial charge in [0.2, 0.25) is 5.16 Å². The minimum atomic E-state index is 0.196. The summed E-state index contributed by atoms with van der Waals surface area (Å²) in [6.07, 6.45) is 2.42. The minimum Gasteiger partial charge on any atom is -0.296 e. The standard InChI is InChI=1S/C19H16Cl2N6S/c20-13-3-5-14(6-4-13)27-17(12-26-9-1-2-10-26)24-25-19(27)28-18-8-7-15(21)16(11-22)23-18/h3-8H,1-2,9-10,12H2. The van der Waals surface area contributed by atoms with Gasteiger partial charge in [-0.2, -0.15) is 5.26 Å². The Balaban J connectivity index is 1.71. The Morgan fingerprint density at radius 3 is 2.50 bits per heavy atom. The van der Waals surface area contributed by atoms with Crippen LogP contribution in [-0.2, 0) is 6.54 Å². The lowest BCUT2D eigenvalue weighted by molar-refractivity contribution is 0.319. The molecule has 3 aromatic rings. The number of rotatable bonds is 5. The fourth-order valence-electron chi connectivity index (χ4n) is 3.11. The summed E-state index contributed by atoms with van der Waals surface area (Å²) in [6.45, 7) is 2.87. The van der Waals surface area contributed by atoms with Crippen LogP contribution in [0.5, 0.6) is 0 Å². The average molecular weight is 431 g/mol. The van der Waals surface area contributed by atoms with Gasteiger partial charge in [0.25, 0.3) is 0 Å². The van der Waals surface area contributed by atoms with Gasteiger partial charge in [-0.15, -0.1) is 10.2 Å². The zero-order chi connectivity index (χ0) is 19.5. The van der Waals surface area contributed by atoms with E-state index >= 15 is 0 Å². The molecule has 0 saturated carbocycles. The molecule has 6 nitrogen and oxygen atoms in total. The van der Waals surface area contributed by atoms with Crippen LogP contribution in [0, 0.1) is 11.3 Å². The van der Waals surface area contributed by atoms with Crippen molar-refractivity contribution >= 4 is 35.0 Å². The van der Waals surface area contributed by atoms with Crippen molar-refractivity contribution in [1.29, 1.82) is 5.26 Å². The summed E-state index contributed by atoms with van der Waals surface area (Å²) in [5.74, 6) is 0.862. The van der Waals surface area contributed by atoms with E-state index in [1.165, 1.54) is 24.6 Å². The molecule has 0 atom stereocenters. The van der Waals surface area contributed by atoms with E-state index in [1.54, 1.807) is 12.1 Å². The number of pyridine rings is 1. The third kappa shape index (κ3) is 4.15. The van der Waals surface area contributed by atoms with Crippen LogP contribution >= 0.6 is 35.0 Å². The summed E-state index contributed by atoms with van der Waals surface area (Å²) >= 11 is 13.4. The predicted molar refractivity (Wildman–Crippen MR) is 109 cm³/mol. The van der Waals surface area contributed by atoms with Crippen molar-refractivity contribution in [2.45, 2.75) is 29.6 Å². The van der Waals surface area contributed by atoms with Gasteiger partial charge in [-0.25, -0.2) is 4.98 Å². The Morgan fingerprint density at radius 2 is 1.79 bits per heavy atom. The van der Waals surface area contributed by atoms with E-state index in [4.69, 9.17) is 23.2 Å². The van der Waals surface area contributed by atoms with Crippen molar-refractivity contribution in [2.75, 3.05) is 13.1 Å². The van der Waals surface area contributed by atoms with E-state index < -0.39 is 0 Å². The summed E-state index contributed by atoms with van der Waals surface area (Å²) in [6, 6.07) is 13.0. The van der Waals surface area contributed by atoms with Crippen LogP contribution in [0.2, 0.25) is 10.0 Å². The number of hydrogen-bond acceptors (Lipinski definition) is 6. The lowest BCUT2D eigenvalue weighted by Gasteiger charge is -2.16. The number of halogens is 2. The van der Waals surface area contributed by atoms with Crippen molar-refractivity contribution in [3.8, 4) is 11.8 Å². The zero-order valence-electron chi connectivity index (χ0n) is 14.8. The highest BCUT2D eigenvalue weighted by Crippen LogP contribution is 2.30. The Labute approximate surface area is 177 Å². The molecule has 142 valence electrons. The molecule has 0 bridgehead atoms. The van der Waals surface area contributed by atoms with Gasteiger partial charge < -0.3 is 0 Å². The second-order valence-corrected chi connectivity index (χ2v) is 8.22. The second kappa shape index (κ2) is 8.50. The van der Waals surface area contributed by atoms with Crippen molar-refractivity contribution in [3.63, 3.8) is 0 Å². The first-order chi connectivity index (χ1) is 13.6. The van der Waals surface area contributed by atoms with Crippen LogP contribution < -0.4 is 0 Å². The molecular weight excluding hydrogens is 415 g/mol. The van der Waals surface area contributed by atoms with Crippen LogP contribution in [0.15, 0.2) is 46.6 Å². The lowest BCUT2D eigenvalue weighted by atomic mass is 10.3. The lowest BCUT2D eigenvalue weighted by Crippen LogP contribution is -2.21. The maximum atomic E-state index is 9.17. The maximum absolute atomic E-state index is 9.17. The van der Waals surface area contributed by atoms with Gasteiger partial charge in [0.05, 0.1) is 11.6 Å². The van der Waals surface area contributed by atoms with Crippen molar-refractivity contribution in [3.05, 3.63) is 58.0 Å². The molecule has 2 aromatic heterocycles. The highest BCUT2D eigenvalue weighted by Gasteiger charge is 2.20. The number of nitriles is 1. The molecule has 28 heavy (non-hydrogen) atoms. The summed E-state index contributed by atoms with van der Waals surface area (Å²) < 4.78 is 2.02. The van der Waals surface area contributed by atoms with Gasteiger partial charge in [0, 0.05) is 10.7 Å². The summed E-state index contributed by atoms with van der Waals surface area (Å²) in [7, 11) is 0. The fraction of sp³-hybridized carbons (Fsp3) is 0.263. The van der Waals surface area contributed by atoms with E-state index in [0.717, 1.165) is 31.1 Å². The molecule has 0 aliphatic carbocycles. The SMILES string of the molecule is N#Cc1nc(Sc2nnc(CN3CCCC3)n2-c2ccc(Cl)cc2)ccc1Cl. The van der Waals surface area contributed by atoms with E-state index in [0.29, 0.717) is 20.2 Å². The van der Waals surface area contributed by atoms with Crippen LogP contribution in [0.3, 0.4) is 0 Å². The summed E-state index contributed by atoms with van der Waals surface area (Å²) in [5.41, 5.74) is 1.13. The van der Waals surface area contributed by atoms with Gasteiger partial charge in [0.15, 0.2) is 11.5 Å². The monoisotopic (exact) mass is 430 g/mol. The van der Waals surface area contributed by atoms with Gasteiger partial charge in [-0.05, 0) is 74.1 Å². The van der Waals surface area contributed by atoms with Gasteiger partial charge in [-0.1, -0.05) is 23.2 Å². The summed E-state index contributed by atoms with van der Waals surface area (Å²) in [5, 5.41) is 20.3. The van der Waals surface area contributed by atoms with Crippen LogP contribution in [0.4, 0.5) is 0 Å². The van der Waals surface area contributed by atoms with Gasteiger partial charge in [-0.3, -0.25) is 9.47 Å². The normalized spacial score (nSPS) is 14.3. The predicted octanol–water partition coefficient (Wildman–Crippen LogP) is 4.59. The Hall–Kier alpha value is -2.11. The van der Waals surface area contributed by atoms with E-state index in [1.807, 2.05) is 34.9 Å². The quantitative estimate of drug-likeness (QED) is 0.589. The smallest absolute Gasteiger partial charge is 0.202 e. The zero-order valence-corrected chi connectivity index (χ0v) is 17.2. The molecule has 0 radical (unpaired) electrons. The molecule has 0 spiro atoms. The molecule has 0 amide bonds. The molecule has 4 rings (SSSR count). The highest BCUT2D eigenvalue weighted by atomic mass is 35.5. The molecule has 0 unspecified atom stereocenters. The topological polar surface area (TPSA) is 70.6 Å². The van der Waals surface area contributed by atoms with Crippen LogP contribution in [0.25, 0.3) is 5.69 Å². The molecule has 0 N–H and O–H groups in total. The Kier molecular flexibility index (Phi) is 5.83.